The zero-order valence-corrected chi connectivity index (χ0v) is 8.07. The quantitative estimate of drug-likeness (QED) is 0.500. The highest BCUT2D eigenvalue weighted by Gasteiger charge is 2.31. The lowest BCUT2D eigenvalue weighted by atomic mass is 9.98. The topological polar surface area (TPSA) is 38.3 Å². The molecule has 0 aromatic rings. The van der Waals surface area contributed by atoms with Gasteiger partial charge in [0.15, 0.2) is 0 Å². The lowest BCUT2D eigenvalue weighted by Gasteiger charge is -2.24. The zero-order chi connectivity index (χ0) is 8.91. The summed E-state index contributed by atoms with van der Waals surface area (Å²) >= 11 is 3.88. The molecule has 1 unspecified atom stereocenters. The van der Waals surface area contributed by atoms with E-state index in [2.05, 4.69) is 22.3 Å². The summed E-state index contributed by atoms with van der Waals surface area (Å²) in [7, 11) is 1.38. The van der Waals surface area contributed by atoms with Crippen LogP contribution in [0.5, 0.6) is 0 Å². The van der Waals surface area contributed by atoms with E-state index in [-0.39, 0.29) is 5.97 Å². The van der Waals surface area contributed by atoms with Gasteiger partial charge in [-0.05, 0) is 13.3 Å². The highest BCUT2D eigenvalue weighted by molar-refractivity contribution is 7.78. The maximum absolute atomic E-state index is 11.1. The number of hydrogen-bond donors (Lipinski definition) is 2. The molecule has 0 aliphatic rings. The molecule has 4 heteroatoms. The second-order valence-electron chi connectivity index (χ2n) is 2.69. The van der Waals surface area contributed by atoms with Crippen LogP contribution in [0.2, 0.25) is 0 Å². The predicted octanol–water partition coefficient (Wildman–Crippen LogP) is 1.15. The normalized spacial score (nSPS) is 15.6. The lowest BCUT2D eigenvalue weighted by Crippen LogP contribution is -2.45. The first-order valence-electron chi connectivity index (χ1n) is 3.60. The van der Waals surface area contributed by atoms with Gasteiger partial charge in [0.25, 0.3) is 0 Å². The van der Waals surface area contributed by atoms with Crippen LogP contribution in [0, 0.1) is 0 Å². The minimum Gasteiger partial charge on any atom is -0.468 e. The molecule has 0 rings (SSSR count). The van der Waals surface area contributed by atoms with Crippen LogP contribution in [0.25, 0.3) is 0 Å². The summed E-state index contributed by atoms with van der Waals surface area (Å²) in [5.74, 6) is -0.269. The fourth-order valence-corrected chi connectivity index (χ4v) is 1.13. The van der Waals surface area contributed by atoms with Crippen LogP contribution >= 0.6 is 12.8 Å². The largest absolute Gasteiger partial charge is 0.468 e. The molecular formula is C7H15NO2S. The molecule has 0 aliphatic carbocycles. The molecule has 0 aliphatic heterocycles. The minimum atomic E-state index is -0.646. The highest BCUT2D eigenvalue weighted by Crippen LogP contribution is 2.14. The van der Waals surface area contributed by atoms with Gasteiger partial charge in [0, 0.05) is 0 Å². The highest BCUT2D eigenvalue weighted by atomic mass is 32.1. The number of thiol groups is 1. The number of carbonyl (C=O) groups is 1. The molecule has 0 aromatic heterocycles. The first kappa shape index (κ1) is 10.8. The molecule has 0 saturated heterocycles. The third kappa shape index (κ3) is 2.71. The Balaban J connectivity index is 4.19. The van der Waals surface area contributed by atoms with Crippen molar-refractivity contribution in [2.45, 2.75) is 32.2 Å². The van der Waals surface area contributed by atoms with Gasteiger partial charge in [0.05, 0.1) is 7.11 Å². The van der Waals surface area contributed by atoms with Gasteiger partial charge < -0.3 is 4.74 Å². The van der Waals surface area contributed by atoms with Crippen molar-refractivity contribution in [3.05, 3.63) is 0 Å². The molecule has 0 spiro atoms. The van der Waals surface area contributed by atoms with Crippen molar-refractivity contribution in [3.8, 4) is 0 Å². The number of methoxy groups -OCH3 is 1. The predicted molar refractivity (Wildman–Crippen MR) is 47.5 cm³/mol. The summed E-state index contributed by atoms with van der Waals surface area (Å²) in [6, 6.07) is 0. The summed E-state index contributed by atoms with van der Waals surface area (Å²) in [6.45, 7) is 3.78. The summed E-state index contributed by atoms with van der Waals surface area (Å²) in [6.07, 6.45) is 1.64. The molecule has 66 valence electrons. The Morgan fingerprint density at radius 2 is 2.27 bits per heavy atom. The van der Waals surface area contributed by atoms with Gasteiger partial charge in [-0.3, -0.25) is 9.52 Å². The Morgan fingerprint density at radius 3 is 2.55 bits per heavy atom. The number of rotatable bonds is 4. The maximum atomic E-state index is 11.1. The van der Waals surface area contributed by atoms with E-state index in [4.69, 9.17) is 0 Å². The fourth-order valence-electron chi connectivity index (χ4n) is 0.929. The molecule has 0 radical (unpaired) electrons. The van der Waals surface area contributed by atoms with Gasteiger partial charge >= 0.3 is 5.97 Å². The molecule has 0 bridgehead atoms. The van der Waals surface area contributed by atoms with E-state index in [9.17, 15) is 4.79 Å². The van der Waals surface area contributed by atoms with Crippen molar-refractivity contribution in [2.75, 3.05) is 7.11 Å². The van der Waals surface area contributed by atoms with E-state index >= 15 is 0 Å². The minimum absolute atomic E-state index is 0.269. The number of nitrogens with one attached hydrogen (secondary N) is 1. The standard InChI is InChI=1S/C7H15NO2S/c1-4-5-7(2,8-11)6(9)10-3/h8,11H,4-5H2,1-3H3. The SMILES string of the molecule is CCCC(C)(NS)C(=O)OC. The van der Waals surface area contributed by atoms with Gasteiger partial charge in [-0.15, -0.1) is 0 Å². The first-order chi connectivity index (χ1) is 5.10. The molecular weight excluding hydrogens is 162 g/mol. The smallest absolute Gasteiger partial charge is 0.326 e. The molecule has 1 N–H and O–H groups in total. The Bertz CT molecular complexity index is 140. The average molecular weight is 177 g/mol. The van der Waals surface area contributed by atoms with Crippen LogP contribution in [0.4, 0.5) is 0 Å². The van der Waals surface area contributed by atoms with Crippen molar-refractivity contribution in [1.29, 1.82) is 0 Å². The average Bonchev–Trinajstić information content (AvgIpc) is 2.03. The molecule has 0 amide bonds. The van der Waals surface area contributed by atoms with Gasteiger partial charge in [-0.2, -0.15) is 0 Å². The van der Waals surface area contributed by atoms with Gasteiger partial charge in [0.1, 0.15) is 5.54 Å². The van der Waals surface area contributed by atoms with Crippen LogP contribution in [0.15, 0.2) is 0 Å². The molecule has 0 heterocycles. The molecule has 0 aromatic carbocycles. The van der Waals surface area contributed by atoms with E-state index in [0.717, 1.165) is 12.8 Å². The van der Waals surface area contributed by atoms with Crippen LogP contribution < -0.4 is 4.72 Å². The molecule has 0 saturated carbocycles. The monoisotopic (exact) mass is 177 g/mol. The Hall–Kier alpha value is -0.220. The molecule has 3 nitrogen and oxygen atoms in total. The van der Waals surface area contributed by atoms with Crippen molar-refractivity contribution < 1.29 is 9.53 Å². The van der Waals surface area contributed by atoms with Crippen LogP contribution in [0.3, 0.4) is 0 Å². The van der Waals surface area contributed by atoms with E-state index in [1.165, 1.54) is 7.11 Å². The summed E-state index contributed by atoms with van der Waals surface area (Å²) in [5.41, 5.74) is -0.646. The molecule has 1 atom stereocenters. The fraction of sp³-hybridized carbons (Fsp3) is 0.857. The van der Waals surface area contributed by atoms with E-state index in [1.807, 2.05) is 6.92 Å². The van der Waals surface area contributed by atoms with Gasteiger partial charge in [0.2, 0.25) is 0 Å². The van der Waals surface area contributed by atoms with E-state index in [0.29, 0.717) is 0 Å². The van der Waals surface area contributed by atoms with Crippen LogP contribution in [0.1, 0.15) is 26.7 Å². The van der Waals surface area contributed by atoms with Crippen LogP contribution in [-0.2, 0) is 9.53 Å². The Kier molecular flexibility index (Phi) is 4.52. The first-order valence-corrected chi connectivity index (χ1v) is 4.05. The number of carbonyl (C=O) groups excluding carboxylic acids is 1. The van der Waals surface area contributed by atoms with E-state index in [1.54, 1.807) is 6.92 Å². The van der Waals surface area contributed by atoms with E-state index < -0.39 is 5.54 Å². The second kappa shape index (κ2) is 4.62. The number of ether oxygens (including phenoxy) is 1. The van der Waals surface area contributed by atoms with Crippen molar-refractivity contribution >= 4 is 18.8 Å². The number of esters is 1. The van der Waals surface area contributed by atoms with Gasteiger partial charge in [-0.25, -0.2) is 0 Å². The number of hydrogen-bond acceptors (Lipinski definition) is 4. The third-order valence-corrected chi connectivity index (χ3v) is 2.13. The zero-order valence-electron chi connectivity index (χ0n) is 7.18. The Labute approximate surface area is 73.0 Å². The van der Waals surface area contributed by atoms with Crippen molar-refractivity contribution in [3.63, 3.8) is 0 Å². The summed E-state index contributed by atoms with van der Waals surface area (Å²) in [4.78, 5) is 11.1. The molecule has 11 heavy (non-hydrogen) atoms. The van der Waals surface area contributed by atoms with Gasteiger partial charge in [-0.1, -0.05) is 26.2 Å². The van der Waals surface area contributed by atoms with Crippen molar-refractivity contribution in [2.24, 2.45) is 0 Å². The second-order valence-corrected chi connectivity index (χ2v) is 2.91. The summed E-state index contributed by atoms with van der Waals surface area (Å²) < 4.78 is 7.26. The third-order valence-electron chi connectivity index (χ3n) is 1.63. The van der Waals surface area contributed by atoms with Crippen molar-refractivity contribution in [1.82, 2.24) is 4.72 Å². The molecule has 0 fully saturated rings. The summed E-state index contributed by atoms with van der Waals surface area (Å²) in [5, 5.41) is 0. The lowest BCUT2D eigenvalue weighted by molar-refractivity contribution is -0.147. The maximum Gasteiger partial charge on any atom is 0.326 e. The van der Waals surface area contributed by atoms with Crippen LogP contribution in [-0.4, -0.2) is 18.6 Å². The Morgan fingerprint density at radius 1 is 1.73 bits per heavy atom.